The Morgan fingerprint density at radius 3 is 2.36 bits per heavy atom. The van der Waals surface area contributed by atoms with Gasteiger partial charge in [0, 0.05) is 19.6 Å². The topological polar surface area (TPSA) is 63.9 Å². The summed E-state index contributed by atoms with van der Waals surface area (Å²) in [7, 11) is 0. The number of nitrogens with zero attached hydrogens (tertiary/aromatic N) is 1. The third-order valence-corrected chi connectivity index (χ3v) is 9.47. The Morgan fingerprint density at radius 1 is 1.06 bits per heavy atom. The van der Waals surface area contributed by atoms with Gasteiger partial charge in [0.05, 0.1) is 12.2 Å². The third kappa shape index (κ3) is 5.39. The second-order valence-electron chi connectivity index (χ2n) is 11.8. The van der Waals surface area contributed by atoms with Crippen molar-refractivity contribution in [3.8, 4) is 0 Å². The maximum Gasteiger partial charge on any atom is 0.266 e. The number of alkyl halides is 2. The summed E-state index contributed by atoms with van der Waals surface area (Å²) in [4.78, 5) is 2.28. The van der Waals surface area contributed by atoms with E-state index < -0.39 is 24.2 Å². The van der Waals surface area contributed by atoms with Crippen LogP contribution in [0.2, 0.25) is 0 Å². The molecule has 1 unspecified atom stereocenters. The SMILES string of the molecule is CC(CN1CCC(O)(C(F)F)CC1)[C@H]1CC[C@H]2C(=CC=C3C[C@@H](O)C[C@H](O)C3)CCC[C@]12C. The molecular weight excluding hydrogens is 424 g/mol. The maximum absolute atomic E-state index is 13.1. The van der Waals surface area contributed by atoms with Crippen molar-refractivity contribution >= 4 is 0 Å². The van der Waals surface area contributed by atoms with Crippen molar-refractivity contribution in [3.63, 3.8) is 0 Å². The molecule has 4 fully saturated rings. The molecule has 6 atom stereocenters. The molecule has 188 valence electrons. The van der Waals surface area contributed by atoms with Crippen LogP contribution in [0.3, 0.4) is 0 Å². The van der Waals surface area contributed by atoms with Crippen LogP contribution < -0.4 is 0 Å². The molecule has 4 nitrogen and oxygen atoms in total. The summed E-state index contributed by atoms with van der Waals surface area (Å²) in [6, 6.07) is 0. The van der Waals surface area contributed by atoms with E-state index in [0.717, 1.165) is 18.5 Å². The molecule has 0 amide bonds. The Bertz CT molecular complexity index is 734. The highest BCUT2D eigenvalue weighted by Crippen LogP contribution is 2.59. The lowest BCUT2D eigenvalue weighted by Gasteiger charge is -2.46. The van der Waals surface area contributed by atoms with Crippen molar-refractivity contribution in [1.29, 1.82) is 0 Å². The molecule has 0 aromatic heterocycles. The van der Waals surface area contributed by atoms with Gasteiger partial charge in [0.25, 0.3) is 6.43 Å². The second-order valence-corrected chi connectivity index (χ2v) is 11.8. The Morgan fingerprint density at radius 2 is 1.73 bits per heavy atom. The van der Waals surface area contributed by atoms with Gasteiger partial charge >= 0.3 is 0 Å². The first-order chi connectivity index (χ1) is 15.6. The first-order valence-electron chi connectivity index (χ1n) is 13.1. The van der Waals surface area contributed by atoms with Crippen LogP contribution >= 0.6 is 0 Å². The zero-order chi connectivity index (χ0) is 23.8. The molecular formula is C27H43F2NO3. The van der Waals surface area contributed by atoms with Crippen molar-refractivity contribution in [3.05, 3.63) is 23.3 Å². The summed E-state index contributed by atoms with van der Waals surface area (Å²) in [5.41, 5.74) is 1.15. The number of hydrogen-bond donors (Lipinski definition) is 3. The number of allylic oxidation sites excluding steroid dienone is 3. The molecule has 1 saturated heterocycles. The summed E-state index contributed by atoms with van der Waals surface area (Å²) in [6.45, 7) is 6.82. The highest BCUT2D eigenvalue weighted by Gasteiger charge is 2.51. The number of likely N-dealkylation sites (tertiary alicyclic amines) is 1. The average Bonchev–Trinajstić information content (AvgIpc) is 3.11. The van der Waals surface area contributed by atoms with Gasteiger partial charge in [-0.2, -0.15) is 0 Å². The largest absolute Gasteiger partial charge is 0.393 e. The Hall–Kier alpha value is -0.820. The Balaban J connectivity index is 1.39. The summed E-state index contributed by atoms with van der Waals surface area (Å²) < 4.78 is 26.3. The van der Waals surface area contributed by atoms with Crippen molar-refractivity contribution in [2.24, 2.45) is 23.2 Å². The molecule has 1 aliphatic heterocycles. The van der Waals surface area contributed by atoms with Gasteiger partial charge in [0.15, 0.2) is 0 Å². The van der Waals surface area contributed by atoms with Gasteiger partial charge in [-0.3, -0.25) is 0 Å². The van der Waals surface area contributed by atoms with Crippen molar-refractivity contribution in [2.45, 2.75) is 102 Å². The first-order valence-corrected chi connectivity index (χ1v) is 13.1. The highest BCUT2D eigenvalue weighted by atomic mass is 19.3. The van der Waals surface area contributed by atoms with Gasteiger partial charge in [-0.15, -0.1) is 0 Å². The Kier molecular flexibility index (Phi) is 7.69. The fourth-order valence-electron chi connectivity index (χ4n) is 7.62. The number of piperidine rings is 1. The first kappa shape index (κ1) is 25.3. The highest BCUT2D eigenvalue weighted by molar-refractivity contribution is 5.26. The number of rotatable bonds is 5. The molecule has 0 spiro atoms. The van der Waals surface area contributed by atoms with Crippen LogP contribution in [0, 0.1) is 23.2 Å². The van der Waals surface area contributed by atoms with Crippen LogP contribution in [-0.2, 0) is 0 Å². The molecule has 4 rings (SSSR count). The number of hydrogen-bond acceptors (Lipinski definition) is 4. The lowest BCUT2D eigenvalue weighted by molar-refractivity contribution is -0.128. The molecule has 0 aromatic carbocycles. The van der Waals surface area contributed by atoms with Gasteiger partial charge in [0.2, 0.25) is 0 Å². The molecule has 3 N–H and O–H groups in total. The monoisotopic (exact) mass is 467 g/mol. The van der Waals surface area contributed by atoms with Gasteiger partial charge in [-0.25, -0.2) is 8.78 Å². The number of halogens is 2. The zero-order valence-electron chi connectivity index (χ0n) is 20.4. The fraction of sp³-hybridized carbons (Fsp3) is 0.852. The molecule has 1 heterocycles. The predicted octanol–water partition coefficient (Wildman–Crippen LogP) is 4.69. The minimum absolute atomic E-state index is 0.160. The van der Waals surface area contributed by atoms with Crippen LogP contribution in [0.25, 0.3) is 0 Å². The lowest BCUT2D eigenvalue weighted by atomic mass is 9.61. The van der Waals surface area contributed by atoms with Crippen LogP contribution in [-0.4, -0.2) is 64.1 Å². The number of fused-ring (bicyclic) bond motifs is 1. The lowest BCUT2D eigenvalue weighted by Crippen LogP contribution is -2.50. The van der Waals surface area contributed by atoms with E-state index in [1.165, 1.54) is 31.3 Å². The smallest absolute Gasteiger partial charge is 0.266 e. The normalized spacial score (nSPS) is 39.6. The predicted molar refractivity (Wildman–Crippen MR) is 126 cm³/mol. The van der Waals surface area contributed by atoms with Gasteiger partial charge in [-0.05, 0) is 87.4 Å². The standard InChI is InChI=1S/C27H43F2NO3/c1-18(17-30-12-10-27(33,11-13-30)25(28)29)23-7-8-24-20(4-3-9-26(23,24)2)6-5-19-14-21(31)16-22(32)15-19/h5-6,18,21-25,31-33H,3-4,7-17H2,1-2H3/t18?,21-,22-,23-,24+,26-/m1/s1. The molecule has 4 aliphatic rings. The quantitative estimate of drug-likeness (QED) is 0.549. The van der Waals surface area contributed by atoms with Crippen molar-refractivity contribution < 1.29 is 24.1 Å². The minimum atomic E-state index is -2.66. The molecule has 0 aromatic rings. The minimum Gasteiger partial charge on any atom is -0.393 e. The summed E-state index contributed by atoms with van der Waals surface area (Å²) in [6.07, 6.45) is 9.06. The van der Waals surface area contributed by atoms with E-state index >= 15 is 0 Å². The summed E-state index contributed by atoms with van der Waals surface area (Å²) in [5, 5.41) is 30.1. The van der Waals surface area contributed by atoms with Crippen LogP contribution in [0.5, 0.6) is 0 Å². The fourth-order valence-corrected chi connectivity index (χ4v) is 7.62. The molecule has 0 radical (unpaired) electrons. The van der Waals surface area contributed by atoms with Crippen molar-refractivity contribution in [1.82, 2.24) is 4.90 Å². The van der Waals surface area contributed by atoms with Crippen LogP contribution in [0.15, 0.2) is 23.3 Å². The van der Waals surface area contributed by atoms with E-state index in [1.54, 1.807) is 0 Å². The third-order valence-electron chi connectivity index (χ3n) is 9.47. The zero-order valence-corrected chi connectivity index (χ0v) is 20.4. The molecule has 33 heavy (non-hydrogen) atoms. The average molecular weight is 468 g/mol. The van der Waals surface area contributed by atoms with Gasteiger partial charge in [-0.1, -0.05) is 37.1 Å². The molecule has 6 heteroatoms. The van der Waals surface area contributed by atoms with E-state index in [1.807, 2.05) is 0 Å². The van der Waals surface area contributed by atoms with Gasteiger partial charge in [0.1, 0.15) is 5.60 Å². The van der Waals surface area contributed by atoms with Crippen LogP contribution in [0.1, 0.15) is 78.1 Å². The van der Waals surface area contributed by atoms with E-state index in [0.29, 0.717) is 50.1 Å². The summed E-state index contributed by atoms with van der Waals surface area (Å²) >= 11 is 0. The number of aliphatic hydroxyl groups is 3. The van der Waals surface area contributed by atoms with Crippen LogP contribution in [0.4, 0.5) is 8.78 Å². The van der Waals surface area contributed by atoms with E-state index in [-0.39, 0.29) is 18.3 Å². The summed E-state index contributed by atoms with van der Waals surface area (Å²) in [5.74, 6) is 1.70. The van der Waals surface area contributed by atoms with E-state index in [2.05, 4.69) is 30.9 Å². The maximum atomic E-state index is 13.1. The van der Waals surface area contributed by atoms with E-state index in [4.69, 9.17) is 0 Å². The number of aliphatic hydroxyl groups excluding tert-OH is 2. The molecule has 0 bridgehead atoms. The Labute approximate surface area is 197 Å². The second kappa shape index (κ2) is 10.0. The van der Waals surface area contributed by atoms with Gasteiger partial charge < -0.3 is 20.2 Å². The van der Waals surface area contributed by atoms with E-state index in [9.17, 15) is 24.1 Å². The van der Waals surface area contributed by atoms with Crippen molar-refractivity contribution in [2.75, 3.05) is 19.6 Å². The molecule has 3 aliphatic carbocycles. The molecule has 3 saturated carbocycles.